The van der Waals surface area contributed by atoms with Crippen LogP contribution in [0, 0.1) is 0 Å². The van der Waals surface area contributed by atoms with Gasteiger partial charge in [-0.1, -0.05) is 11.6 Å². The van der Waals surface area contributed by atoms with Crippen molar-refractivity contribution in [2.45, 2.75) is 6.18 Å². The standard InChI is InChI=1S/C17H10ClF3O4/c1-23-11-6-7-12-13(8-11)25-16(17(19,20)21)15(14(12)22)24-10-4-2-9(18)3-5-10/h2-8H,1H3. The Kier molecular flexibility index (Phi) is 4.34. The number of alkyl halides is 3. The van der Waals surface area contributed by atoms with Crippen molar-refractivity contribution in [3.05, 3.63) is 63.5 Å². The summed E-state index contributed by atoms with van der Waals surface area (Å²) < 4.78 is 55.1. The minimum atomic E-state index is -4.92. The predicted molar refractivity (Wildman–Crippen MR) is 85.6 cm³/mol. The molecule has 130 valence electrons. The van der Waals surface area contributed by atoms with Crippen molar-refractivity contribution in [1.29, 1.82) is 0 Å². The molecular formula is C17H10ClF3O4. The quantitative estimate of drug-likeness (QED) is 0.630. The molecule has 0 N–H and O–H groups in total. The van der Waals surface area contributed by atoms with Crippen molar-refractivity contribution in [2.24, 2.45) is 0 Å². The van der Waals surface area contributed by atoms with Gasteiger partial charge in [-0.2, -0.15) is 13.2 Å². The monoisotopic (exact) mass is 370 g/mol. The van der Waals surface area contributed by atoms with Crippen LogP contribution in [0.4, 0.5) is 13.2 Å². The molecule has 0 aliphatic heterocycles. The number of hydrogen-bond acceptors (Lipinski definition) is 4. The van der Waals surface area contributed by atoms with E-state index in [1.54, 1.807) is 0 Å². The Morgan fingerprint density at radius 3 is 2.28 bits per heavy atom. The van der Waals surface area contributed by atoms with Crippen molar-refractivity contribution in [3.63, 3.8) is 0 Å². The average Bonchev–Trinajstić information content (AvgIpc) is 2.57. The minimum absolute atomic E-state index is 0.0232. The van der Waals surface area contributed by atoms with Gasteiger partial charge < -0.3 is 13.9 Å². The Morgan fingerprint density at radius 1 is 1.04 bits per heavy atom. The summed E-state index contributed by atoms with van der Waals surface area (Å²) in [6.45, 7) is 0. The second-order valence-corrected chi connectivity index (χ2v) is 5.44. The van der Waals surface area contributed by atoms with Crippen molar-refractivity contribution in [3.8, 4) is 17.2 Å². The van der Waals surface area contributed by atoms with E-state index in [1.165, 1.54) is 49.6 Å². The first kappa shape index (κ1) is 17.2. The fourth-order valence-electron chi connectivity index (χ4n) is 2.18. The summed E-state index contributed by atoms with van der Waals surface area (Å²) in [5.74, 6) is -2.18. The van der Waals surface area contributed by atoms with Crippen molar-refractivity contribution < 1.29 is 27.1 Å². The molecule has 25 heavy (non-hydrogen) atoms. The zero-order valence-electron chi connectivity index (χ0n) is 12.7. The molecule has 1 aromatic heterocycles. The Bertz CT molecular complexity index is 978. The zero-order valence-corrected chi connectivity index (χ0v) is 13.4. The van der Waals surface area contributed by atoms with Gasteiger partial charge in [0, 0.05) is 11.1 Å². The smallest absolute Gasteiger partial charge is 0.453 e. The van der Waals surface area contributed by atoms with E-state index < -0.39 is 23.1 Å². The van der Waals surface area contributed by atoms with Crippen LogP contribution >= 0.6 is 11.6 Å². The number of methoxy groups -OCH3 is 1. The molecule has 0 saturated heterocycles. The van der Waals surface area contributed by atoms with Gasteiger partial charge in [0.1, 0.15) is 17.1 Å². The molecule has 2 aromatic carbocycles. The van der Waals surface area contributed by atoms with Gasteiger partial charge in [-0.05, 0) is 36.4 Å². The summed E-state index contributed by atoms with van der Waals surface area (Å²) in [7, 11) is 1.35. The summed E-state index contributed by atoms with van der Waals surface area (Å²) >= 11 is 5.73. The fourth-order valence-corrected chi connectivity index (χ4v) is 2.31. The van der Waals surface area contributed by atoms with Crippen LogP contribution in [0.2, 0.25) is 5.02 Å². The second kappa shape index (κ2) is 6.33. The van der Waals surface area contributed by atoms with Gasteiger partial charge in [-0.15, -0.1) is 0 Å². The summed E-state index contributed by atoms with van der Waals surface area (Å²) in [4.78, 5) is 12.5. The predicted octanol–water partition coefficient (Wildman–Crippen LogP) is 5.27. The third-order valence-corrected chi connectivity index (χ3v) is 3.60. The molecule has 1 heterocycles. The van der Waals surface area contributed by atoms with Crippen LogP contribution in [0.1, 0.15) is 5.76 Å². The van der Waals surface area contributed by atoms with Gasteiger partial charge in [0.25, 0.3) is 5.76 Å². The van der Waals surface area contributed by atoms with Gasteiger partial charge in [-0.25, -0.2) is 0 Å². The normalized spacial score (nSPS) is 11.6. The number of benzene rings is 2. The van der Waals surface area contributed by atoms with Crippen LogP contribution in [0.5, 0.6) is 17.2 Å². The molecule has 0 atom stereocenters. The first-order chi connectivity index (χ1) is 11.8. The Hall–Kier alpha value is -2.67. The van der Waals surface area contributed by atoms with Crippen molar-refractivity contribution in [2.75, 3.05) is 7.11 Å². The third kappa shape index (κ3) is 3.41. The molecular weight excluding hydrogens is 361 g/mol. The fraction of sp³-hybridized carbons (Fsp3) is 0.118. The molecule has 0 aliphatic rings. The van der Waals surface area contributed by atoms with E-state index in [-0.39, 0.29) is 22.5 Å². The molecule has 0 unspecified atom stereocenters. The molecule has 0 fully saturated rings. The Balaban J connectivity index is 2.23. The summed E-state index contributed by atoms with van der Waals surface area (Å²) in [5.41, 5.74) is -1.19. The lowest BCUT2D eigenvalue weighted by Gasteiger charge is -2.13. The molecule has 0 radical (unpaired) electrons. The zero-order chi connectivity index (χ0) is 18.2. The van der Waals surface area contributed by atoms with Crippen molar-refractivity contribution in [1.82, 2.24) is 0 Å². The lowest BCUT2D eigenvalue weighted by atomic mass is 10.2. The van der Waals surface area contributed by atoms with E-state index in [1.807, 2.05) is 0 Å². The summed E-state index contributed by atoms with van der Waals surface area (Å²) in [6.07, 6.45) is -4.92. The maximum atomic E-state index is 13.3. The van der Waals surface area contributed by atoms with Gasteiger partial charge in [-0.3, -0.25) is 4.79 Å². The number of hydrogen-bond donors (Lipinski definition) is 0. The highest BCUT2D eigenvalue weighted by molar-refractivity contribution is 6.30. The third-order valence-electron chi connectivity index (χ3n) is 3.35. The molecule has 0 aliphatic carbocycles. The van der Waals surface area contributed by atoms with E-state index in [0.717, 1.165) is 0 Å². The topological polar surface area (TPSA) is 48.7 Å². The SMILES string of the molecule is COc1ccc2c(=O)c(Oc3ccc(Cl)cc3)c(C(F)(F)F)oc2c1. The van der Waals surface area contributed by atoms with E-state index in [2.05, 4.69) is 0 Å². The van der Waals surface area contributed by atoms with Gasteiger partial charge >= 0.3 is 6.18 Å². The Labute approximate surface area is 144 Å². The van der Waals surface area contributed by atoms with Gasteiger partial charge in [0.05, 0.1) is 12.5 Å². The Morgan fingerprint density at radius 2 is 1.68 bits per heavy atom. The molecule has 0 saturated carbocycles. The van der Waals surface area contributed by atoms with Crippen molar-refractivity contribution >= 4 is 22.6 Å². The molecule has 4 nitrogen and oxygen atoms in total. The highest BCUT2D eigenvalue weighted by atomic mass is 35.5. The highest BCUT2D eigenvalue weighted by Crippen LogP contribution is 2.38. The van der Waals surface area contributed by atoms with E-state index in [0.29, 0.717) is 5.02 Å². The lowest BCUT2D eigenvalue weighted by Crippen LogP contribution is -2.15. The van der Waals surface area contributed by atoms with Gasteiger partial charge in [0.2, 0.25) is 11.2 Å². The maximum absolute atomic E-state index is 13.3. The molecule has 0 bridgehead atoms. The molecule has 3 rings (SSSR count). The molecule has 0 amide bonds. The number of rotatable bonds is 3. The number of halogens is 4. The summed E-state index contributed by atoms with van der Waals surface area (Å²) in [5, 5.41) is 0.318. The number of ether oxygens (including phenoxy) is 2. The maximum Gasteiger partial charge on any atom is 0.453 e. The average molecular weight is 371 g/mol. The summed E-state index contributed by atoms with van der Waals surface area (Å²) in [6, 6.07) is 9.52. The second-order valence-electron chi connectivity index (χ2n) is 5.01. The van der Waals surface area contributed by atoms with Crippen LogP contribution < -0.4 is 14.9 Å². The molecule has 8 heteroatoms. The first-order valence-corrected chi connectivity index (χ1v) is 7.33. The van der Waals surface area contributed by atoms with E-state index in [4.69, 9.17) is 25.5 Å². The lowest BCUT2D eigenvalue weighted by molar-refractivity contribution is -0.154. The van der Waals surface area contributed by atoms with Crippen LogP contribution in [0.3, 0.4) is 0 Å². The highest BCUT2D eigenvalue weighted by Gasteiger charge is 2.40. The molecule has 0 spiro atoms. The largest absolute Gasteiger partial charge is 0.497 e. The number of fused-ring (bicyclic) bond motifs is 1. The minimum Gasteiger partial charge on any atom is -0.497 e. The van der Waals surface area contributed by atoms with E-state index >= 15 is 0 Å². The van der Waals surface area contributed by atoms with Crippen LogP contribution in [0.15, 0.2) is 51.7 Å². The van der Waals surface area contributed by atoms with E-state index in [9.17, 15) is 18.0 Å². The van der Waals surface area contributed by atoms with Crippen LogP contribution in [-0.4, -0.2) is 7.11 Å². The first-order valence-electron chi connectivity index (χ1n) is 6.95. The molecule has 3 aromatic rings. The van der Waals surface area contributed by atoms with Gasteiger partial charge in [0.15, 0.2) is 0 Å². The van der Waals surface area contributed by atoms with Crippen LogP contribution in [0.25, 0.3) is 11.0 Å². The van der Waals surface area contributed by atoms with Crippen LogP contribution in [-0.2, 0) is 6.18 Å².